The number of hydrogen-bond acceptors (Lipinski definition) is 8. The maximum absolute atomic E-state index is 13.6. The molecule has 11 nitrogen and oxygen atoms in total. The van der Waals surface area contributed by atoms with Gasteiger partial charge in [-0.2, -0.15) is 0 Å². The highest BCUT2D eigenvalue weighted by Crippen LogP contribution is 2.57. The molecular formula is C106H106N6O5. The summed E-state index contributed by atoms with van der Waals surface area (Å²) in [6.45, 7) is 31.3. The minimum absolute atomic E-state index is 0.0167. The van der Waals surface area contributed by atoms with Gasteiger partial charge in [0.05, 0.1) is 37.9 Å². The first-order valence-electron chi connectivity index (χ1n) is 42.4. The number of carbonyl (C=O) groups is 5. The number of nitrogens with zero attached hydrogens (tertiary/aromatic N) is 6. The monoisotopic (exact) mass is 1540 g/mol. The van der Waals surface area contributed by atoms with Crippen molar-refractivity contribution in [3.63, 3.8) is 0 Å². The van der Waals surface area contributed by atoms with Crippen LogP contribution in [0, 0.1) is 53.7 Å². The van der Waals surface area contributed by atoms with Crippen LogP contribution in [0.3, 0.4) is 0 Å². The number of benzene rings is 7. The minimum Gasteiger partial charge on any atom is -0.299 e. The number of hydrogen-bond donors (Lipinski definition) is 0. The Balaban J connectivity index is 0.000000230. The van der Waals surface area contributed by atoms with E-state index in [1.54, 1.807) is 85.0 Å². The fourth-order valence-corrected chi connectivity index (χ4v) is 17.9. The molecule has 0 aliphatic heterocycles. The van der Waals surface area contributed by atoms with Crippen molar-refractivity contribution >= 4 is 70.9 Å². The van der Waals surface area contributed by atoms with E-state index in [4.69, 9.17) is 25.0 Å². The van der Waals surface area contributed by atoms with E-state index in [1.165, 1.54) is 186 Å². The van der Waals surface area contributed by atoms with Gasteiger partial charge in [0.1, 0.15) is 12.6 Å². The van der Waals surface area contributed by atoms with Crippen LogP contribution in [0.15, 0.2) is 210 Å². The van der Waals surface area contributed by atoms with Crippen molar-refractivity contribution < 1.29 is 24.0 Å². The van der Waals surface area contributed by atoms with Crippen molar-refractivity contribution in [2.24, 2.45) is 0 Å². The summed E-state index contributed by atoms with van der Waals surface area (Å²) in [5.74, 6) is -0.394. The lowest BCUT2D eigenvalue weighted by molar-refractivity contribution is -0.104. The van der Waals surface area contributed by atoms with Crippen LogP contribution in [0.2, 0.25) is 0 Å². The van der Waals surface area contributed by atoms with Gasteiger partial charge in [0.15, 0.2) is 17.3 Å². The largest absolute Gasteiger partial charge is 0.299 e. The van der Waals surface area contributed by atoms with Crippen molar-refractivity contribution in [3.8, 4) is 40.5 Å². The molecule has 0 heterocycles. The summed E-state index contributed by atoms with van der Waals surface area (Å²) in [4.78, 5) is 70.9. The summed E-state index contributed by atoms with van der Waals surface area (Å²) >= 11 is 0. The molecule has 0 amide bonds. The molecule has 7 aromatic rings. The summed E-state index contributed by atoms with van der Waals surface area (Å²) in [6.07, 6.45) is 54.4. The number of carbonyl (C=O) groups excluding carboxylic acids is 5. The summed E-state index contributed by atoms with van der Waals surface area (Å²) in [7, 11) is 0. The first kappa shape index (κ1) is 86.9. The quantitative estimate of drug-likeness (QED) is 0.0123. The van der Waals surface area contributed by atoms with Gasteiger partial charge in [-0.15, -0.1) is 0 Å². The highest BCUT2D eigenvalue weighted by atomic mass is 16.1. The Morgan fingerprint density at radius 2 is 0.632 bits per heavy atom. The number of aldehydes is 2. The fourth-order valence-electron chi connectivity index (χ4n) is 17.9. The molecule has 5 aliphatic rings. The molecule has 12 rings (SSSR count). The Morgan fingerprint density at radius 1 is 0.350 bits per heavy atom. The van der Waals surface area contributed by atoms with Gasteiger partial charge in [-0.3, -0.25) is 24.0 Å². The molecule has 0 unspecified atom stereocenters. The predicted molar refractivity (Wildman–Crippen MR) is 476 cm³/mol. The van der Waals surface area contributed by atoms with Crippen molar-refractivity contribution in [1.82, 2.24) is 0 Å². The van der Waals surface area contributed by atoms with Crippen LogP contribution in [0.25, 0.3) is 77.8 Å². The maximum Gasteiger partial charge on any atom is 0.270 e. The summed E-state index contributed by atoms with van der Waals surface area (Å²) < 4.78 is 0. The number of unbranched alkanes of at least 4 members (excludes halogenated alkanes) is 20. The third kappa shape index (κ3) is 20.4. The van der Waals surface area contributed by atoms with E-state index in [2.05, 4.69) is 115 Å². The molecule has 590 valence electrons. The van der Waals surface area contributed by atoms with Gasteiger partial charge in [-0.05, 0) is 127 Å². The maximum atomic E-state index is 13.6. The van der Waals surface area contributed by atoms with E-state index < -0.39 is 0 Å². The predicted octanol–water partition coefficient (Wildman–Crippen LogP) is 27.7. The number of nitriles is 3. The molecule has 7 aromatic carbocycles. The van der Waals surface area contributed by atoms with E-state index >= 15 is 0 Å². The molecule has 0 spiro atoms. The number of rotatable bonds is 36. The van der Waals surface area contributed by atoms with Crippen LogP contribution >= 0.6 is 0 Å². The zero-order valence-corrected chi connectivity index (χ0v) is 68.5. The van der Waals surface area contributed by atoms with Crippen molar-refractivity contribution in [2.45, 2.75) is 225 Å². The van der Waals surface area contributed by atoms with Crippen LogP contribution in [0.1, 0.15) is 306 Å². The number of allylic oxidation sites excluding steroid dienone is 14. The zero-order chi connectivity index (χ0) is 82.9. The summed E-state index contributed by atoms with van der Waals surface area (Å²) in [5.41, 5.74) is 20.1. The number of ketones is 3. The fraction of sp³-hybridized carbons (Fsp3) is 0.330. The average molecular weight is 1540 g/mol. The van der Waals surface area contributed by atoms with Crippen molar-refractivity contribution in [2.75, 3.05) is 0 Å². The topological polar surface area (TPSA) is 170 Å². The lowest BCUT2D eigenvalue weighted by Gasteiger charge is -2.33. The van der Waals surface area contributed by atoms with E-state index in [0.717, 1.165) is 78.9 Å². The molecule has 0 saturated heterocycles. The van der Waals surface area contributed by atoms with Gasteiger partial charge >= 0.3 is 0 Å². The number of Topliss-reactive ketones (excluding diaryl/α,β-unsaturated/α-hetero) is 3. The van der Waals surface area contributed by atoms with Crippen LogP contribution in [-0.4, -0.2) is 29.9 Å². The van der Waals surface area contributed by atoms with Crippen LogP contribution in [0.5, 0.6) is 0 Å². The average Bonchev–Trinajstić information content (AvgIpc) is 1.57. The molecule has 5 aliphatic carbocycles. The second-order valence-corrected chi connectivity index (χ2v) is 31.2. The van der Waals surface area contributed by atoms with Gasteiger partial charge in [0.2, 0.25) is 0 Å². The van der Waals surface area contributed by atoms with Gasteiger partial charge in [0, 0.05) is 56.2 Å². The smallest absolute Gasteiger partial charge is 0.270 e. The Kier molecular flexibility index (Phi) is 32.5. The SMILES string of the molecule is CCCCCCCCC1(CCCCCCCC)c2cc(/C=C/C=O)ccc2-c2ccc(/C=C/C=O)cc21.[C-]#[N+]/C(C#N)=C1\CC(=O)c2ccccc21.[C-]#[N+]\C(C#N)=C1/C(=C/C=C/c2ccc3c(c2)C(CCCCCCCC)(CCCCCCCC)c2cc(/C=C/C=C4\C(=O)c5ccccc5\C4=C(\C#N)[N+]#[C-])ccc2-3)C(=O)c2ccccc21. The van der Waals surface area contributed by atoms with Gasteiger partial charge in [0.25, 0.3) is 17.1 Å². The molecular weight excluding hydrogens is 1440 g/mol. The molecule has 0 aromatic heterocycles. The standard InChI is InChI=1S/C59H54N4O2.C35H46O2.C12H6N2O/c1-5-7-9-11-13-19-35-59(36-20-14-12-10-8-6-2)51-37-41(23-21-29-49-55(53(39-60)62-3)45-25-15-17-27-47(45)57(49)64)31-33-43(51)44-34-32-42(38-52(44)59)24-22-30-50-56(54(40-61)63-4)46-26-16-18-28-48(46)58(50)65;1-3-5-7-9-11-13-23-35(24-14-12-10-8-6-4-2)33-27-29(17-15-25-36)19-21-31(33)32-22-20-30(18-16-26-37)28-34(32)35;1-14-11(7-13)10-6-12(15)9-5-3-2-4-8(9)10/h15-18,21-34,37-38H,5-14,19-20,35-36H2,1-2H3;15-22,25-28H,3-14,23-24H2,1-2H3;2-5H,6H2/b23-21+,24-22+,49-29-,50-30-,55-53-,56-54+;17-15+,18-16+;11-10+. The second kappa shape index (κ2) is 43.8. The molecule has 0 N–H and O–H groups in total. The molecule has 0 fully saturated rings. The first-order valence-corrected chi connectivity index (χ1v) is 42.4. The third-order valence-corrected chi connectivity index (χ3v) is 23.7. The van der Waals surface area contributed by atoms with Gasteiger partial charge in [-0.1, -0.05) is 376 Å². The van der Waals surface area contributed by atoms with Crippen molar-refractivity contribution in [3.05, 3.63) is 322 Å². The lowest BCUT2D eigenvalue weighted by Crippen LogP contribution is -2.25. The Morgan fingerprint density at radius 3 is 0.932 bits per heavy atom. The van der Waals surface area contributed by atoms with E-state index in [-0.39, 0.29) is 51.7 Å². The van der Waals surface area contributed by atoms with Crippen LogP contribution in [0.4, 0.5) is 0 Å². The molecule has 0 radical (unpaired) electrons. The van der Waals surface area contributed by atoms with Gasteiger partial charge < -0.3 is 0 Å². The number of fused-ring (bicyclic) bond motifs is 9. The zero-order valence-electron chi connectivity index (χ0n) is 68.5. The highest BCUT2D eigenvalue weighted by molar-refractivity contribution is 6.28. The minimum atomic E-state index is -0.225. The molecule has 117 heavy (non-hydrogen) atoms. The van der Waals surface area contributed by atoms with Gasteiger partial charge in [-0.25, -0.2) is 30.3 Å². The molecule has 11 heteroatoms. The molecule has 0 saturated carbocycles. The molecule has 0 bridgehead atoms. The highest BCUT2D eigenvalue weighted by Gasteiger charge is 2.45. The lowest BCUT2D eigenvalue weighted by atomic mass is 9.70. The Hall–Kier alpha value is -12.5. The normalized spacial score (nSPS) is 16.0. The summed E-state index contributed by atoms with van der Waals surface area (Å²) in [5, 5.41) is 28.4. The second-order valence-electron chi connectivity index (χ2n) is 31.2. The Labute approximate surface area is 694 Å². The van der Waals surface area contributed by atoms with Crippen LogP contribution in [-0.2, 0) is 20.4 Å². The van der Waals surface area contributed by atoms with Crippen molar-refractivity contribution in [1.29, 1.82) is 15.8 Å². The van der Waals surface area contributed by atoms with E-state index in [9.17, 15) is 34.5 Å². The van der Waals surface area contributed by atoms with E-state index in [0.29, 0.717) is 55.7 Å². The Bertz CT molecular complexity index is 5090. The third-order valence-electron chi connectivity index (χ3n) is 23.7. The first-order chi connectivity index (χ1) is 57.3. The molecule has 0 atom stereocenters. The van der Waals surface area contributed by atoms with E-state index in [1.807, 2.05) is 66.8 Å². The summed E-state index contributed by atoms with van der Waals surface area (Å²) in [6, 6.07) is 54.1. The van der Waals surface area contributed by atoms with Crippen LogP contribution < -0.4 is 0 Å².